The van der Waals surface area contributed by atoms with Crippen molar-refractivity contribution in [1.29, 1.82) is 0 Å². The molecule has 0 radical (unpaired) electrons. The summed E-state index contributed by atoms with van der Waals surface area (Å²) in [4.78, 5) is 0. The molecule has 0 saturated carbocycles. The van der Waals surface area contributed by atoms with E-state index in [1.54, 1.807) is 10.9 Å². The van der Waals surface area contributed by atoms with Gasteiger partial charge >= 0.3 is 0 Å². The first kappa shape index (κ1) is 9.85. The molecule has 2 aromatic heterocycles. The van der Waals surface area contributed by atoms with Crippen LogP contribution < -0.4 is 5.73 Å². The van der Waals surface area contributed by atoms with Gasteiger partial charge in [0.05, 0.1) is 5.69 Å². The van der Waals surface area contributed by atoms with E-state index in [1.165, 1.54) is 5.69 Å². The second kappa shape index (κ2) is 4.22. The zero-order valence-corrected chi connectivity index (χ0v) is 8.67. The van der Waals surface area contributed by atoms with Crippen molar-refractivity contribution in [3.8, 4) is 0 Å². The van der Waals surface area contributed by atoms with Crippen molar-refractivity contribution in [2.45, 2.75) is 19.5 Å². The topological polar surface area (TPSA) is 74.5 Å². The lowest BCUT2D eigenvalue weighted by atomic mass is 10.3. The van der Waals surface area contributed by atoms with Crippen LogP contribution in [0.15, 0.2) is 18.5 Å². The lowest BCUT2D eigenvalue weighted by Crippen LogP contribution is -2.06. The second-order valence-electron chi connectivity index (χ2n) is 3.37. The van der Waals surface area contributed by atoms with E-state index in [4.69, 9.17) is 5.73 Å². The normalized spacial score (nSPS) is 10.8. The number of hydrogen-bond acceptors (Lipinski definition) is 4. The van der Waals surface area contributed by atoms with E-state index >= 15 is 0 Å². The standard InChI is InChI=1S/C9H14N6/c1-14-9(2-4-11-14)3-5-15-7-8(6-10)12-13-15/h2,4,7H,3,5-6,10H2,1H3. The average Bonchev–Trinajstić information content (AvgIpc) is 2.84. The molecule has 0 aliphatic carbocycles. The predicted molar refractivity (Wildman–Crippen MR) is 54.8 cm³/mol. The molecule has 0 saturated heterocycles. The molecule has 80 valence electrons. The van der Waals surface area contributed by atoms with Crippen molar-refractivity contribution in [1.82, 2.24) is 24.8 Å². The maximum atomic E-state index is 5.45. The van der Waals surface area contributed by atoms with E-state index in [0.717, 1.165) is 18.7 Å². The Morgan fingerprint density at radius 1 is 1.47 bits per heavy atom. The van der Waals surface area contributed by atoms with Crippen LogP contribution in [0, 0.1) is 0 Å². The summed E-state index contributed by atoms with van der Waals surface area (Å²) in [5, 5.41) is 12.0. The minimum Gasteiger partial charge on any atom is -0.325 e. The van der Waals surface area contributed by atoms with Crippen LogP contribution in [0.2, 0.25) is 0 Å². The molecular formula is C9H14N6. The summed E-state index contributed by atoms with van der Waals surface area (Å²) >= 11 is 0. The lowest BCUT2D eigenvalue weighted by Gasteiger charge is -2.01. The summed E-state index contributed by atoms with van der Waals surface area (Å²) in [6, 6.07) is 2.00. The third-order valence-electron chi connectivity index (χ3n) is 2.31. The zero-order chi connectivity index (χ0) is 10.7. The highest BCUT2D eigenvalue weighted by Gasteiger charge is 2.01. The van der Waals surface area contributed by atoms with Crippen molar-refractivity contribution in [3.05, 3.63) is 29.8 Å². The molecule has 6 nitrogen and oxygen atoms in total. The molecule has 2 heterocycles. The van der Waals surface area contributed by atoms with Gasteiger partial charge in [0.2, 0.25) is 0 Å². The molecule has 15 heavy (non-hydrogen) atoms. The Bertz CT molecular complexity index is 429. The maximum absolute atomic E-state index is 5.45. The Morgan fingerprint density at radius 3 is 2.93 bits per heavy atom. The molecular weight excluding hydrogens is 192 g/mol. The van der Waals surface area contributed by atoms with Crippen LogP contribution in [0.5, 0.6) is 0 Å². The van der Waals surface area contributed by atoms with Gasteiger partial charge in [-0.05, 0) is 6.07 Å². The van der Waals surface area contributed by atoms with Gasteiger partial charge in [0.25, 0.3) is 0 Å². The first-order valence-corrected chi connectivity index (χ1v) is 4.85. The summed E-state index contributed by atoms with van der Waals surface area (Å²) in [6.45, 7) is 1.23. The zero-order valence-electron chi connectivity index (χ0n) is 8.67. The largest absolute Gasteiger partial charge is 0.325 e. The maximum Gasteiger partial charge on any atom is 0.0962 e. The van der Waals surface area contributed by atoms with Gasteiger partial charge in [-0.15, -0.1) is 5.10 Å². The van der Waals surface area contributed by atoms with Crippen molar-refractivity contribution in [2.24, 2.45) is 12.8 Å². The number of hydrogen-bond donors (Lipinski definition) is 1. The summed E-state index contributed by atoms with van der Waals surface area (Å²) in [6.07, 6.45) is 4.56. The van der Waals surface area contributed by atoms with Crippen LogP contribution in [0.3, 0.4) is 0 Å². The Kier molecular flexibility index (Phi) is 2.77. The van der Waals surface area contributed by atoms with E-state index in [1.807, 2.05) is 24.0 Å². The van der Waals surface area contributed by atoms with Gasteiger partial charge < -0.3 is 5.73 Å². The predicted octanol–water partition coefficient (Wildman–Crippen LogP) is -0.287. The molecule has 2 rings (SSSR count). The fourth-order valence-electron chi connectivity index (χ4n) is 1.42. The Hall–Kier alpha value is -1.69. The van der Waals surface area contributed by atoms with Crippen molar-refractivity contribution >= 4 is 0 Å². The Balaban J connectivity index is 1.96. The van der Waals surface area contributed by atoms with E-state index in [2.05, 4.69) is 15.4 Å². The first-order valence-electron chi connectivity index (χ1n) is 4.85. The summed E-state index contributed by atoms with van der Waals surface area (Å²) < 4.78 is 3.66. The lowest BCUT2D eigenvalue weighted by molar-refractivity contribution is 0.567. The highest BCUT2D eigenvalue weighted by Crippen LogP contribution is 2.00. The van der Waals surface area contributed by atoms with Crippen LogP contribution in [-0.2, 0) is 26.6 Å². The molecule has 6 heteroatoms. The van der Waals surface area contributed by atoms with Crippen molar-refractivity contribution in [2.75, 3.05) is 0 Å². The van der Waals surface area contributed by atoms with Crippen LogP contribution in [-0.4, -0.2) is 24.8 Å². The van der Waals surface area contributed by atoms with E-state index in [0.29, 0.717) is 6.54 Å². The van der Waals surface area contributed by atoms with E-state index in [9.17, 15) is 0 Å². The fourth-order valence-corrected chi connectivity index (χ4v) is 1.42. The molecule has 0 amide bonds. The van der Waals surface area contributed by atoms with Gasteiger partial charge in [-0.2, -0.15) is 5.10 Å². The van der Waals surface area contributed by atoms with E-state index < -0.39 is 0 Å². The van der Waals surface area contributed by atoms with Gasteiger partial charge in [-0.1, -0.05) is 5.21 Å². The van der Waals surface area contributed by atoms with E-state index in [-0.39, 0.29) is 0 Å². The molecule has 0 atom stereocenters. The first-order chi connectivity index (χ1) is 7.29. The molecule has 0 bridgehead atoms. The number of nitrogens with two attached hydrogens (primary N) is 1. The molecule has 0 aliphatic heterocycles. The molecule has 0 unspecified atom stereocenters. The molecule has 2 aromatic rings. The van der Waals surface area contributed by atoms with Gasteiger partial charge in [-0.3, -0.25) is 9.36 Å². The number of aromatic nitrogens is 5. The number of rotatable bonds is 4. The number of aryl methyl sites for hydroxylation is 3. The molecule has 0 aromatic carbocycles. The summed E-state index contributed by atoms with van der Waals surface area (Å²) in [7, 11) is 1.93. The summed E-state index contributed by atoms with van der Waals surface area (Å²) in [5.41, 5.74) is 7.45. The monoisotopic (exact) mass is 206 g/mol. The van der Waals surface area contributed by atoms with Gasteiger partial charge in [0, 0.05) is 44.6 Å². The Labute approximate surface area is 87.7 Å². The fraction of sp³-hybridized carbons (Fsp3) is 0.444. The third-order valence-corrected chi connectivity index (χ3v) is 2.31. The summed E-state index contributed by atoms with van der Waals surface area (Å²) in [5.74, 6) is 0. The van der Waals surface area contributed by atoms with Crippen LogP contribution in [0.1, 0.15) is 11.4 Å². The van der Waals surface area contributed by atoms with Gasteiger partial charge in [0.1, 0.15) is 0 Å². The molecule has 0 spiro atoms. The van der Waals surface area contributed by atoms with Crippen LogP contribution >= 0.6 is 0 Å². The molecule has 2 N–H and O–H groups in total. The van der Waals surface area contributed by atoms with Crippen LogP contribution in [0.25, 0.3) is 0 Å². The van der Waals surface area contributed by atoms with Crippen molar-refractivity contribution in [3.63, 3.8) is 0 Å². The van der Waals surface area contributed by atoms with Crippen molar-refractivity contribution < 1.29 is 0 Å². The quantitative estimate of drug-likeness (QED) is 0.746. The highest BCUT2D eigenvalue weighted by molar-refractivity contribution is 5.00. The highest BCUT2D eigenvalue weighted by atomic mass is 15.4. The minimum absolute atomic E-state index is 0.436. The van der Waals surface area contributed by atoms with Crippen LogP contribution in [0.4, 0.5) is 0 Å². The molecule has 0 fully saturated rings. The molecule has 0 aliphatic rings. The average molecular weight is 206 g/mol. The SMILES string of the molecule is Cn1nccc1CCn1cc(CN)nn1. The minimum atomic E-state index is 0.436. The smallest absolute Gasteiger partial charge is 0.0962 e. The third kappa shape index (κ3) is 2.21. The van der Waals surface area contributed by atoms with Gasteiger partial charge in [-0.25, -0.2) is 0 Å². The Morgan fingerprint density at radius 2 is 2.33 bits per heavy atom. The van der Waals surface area contributed by atoms with Gasteiger partial charge in [0.15, 0.2) is 0 Å². The number of nitrogens with zero attached hydrogens (tertiary/aromatic N) is 5. The second-order valence-corrected chi connectivity index (χ2v) is 3.37.